The highest BCUT2D eigenvalue weighted by Gasteiger charge is 2.25. The number of amides is 1. The van der Waals surface area contributed by atoms with E-state index in [2.05, 4.69) is 10.5 Å². The Morgan fingerprint density at radius 3 is 2.76 bits per heavy atom. The molecule has 0 saturated carbocycles. The van der Waals surface area contributed by atoms with Crippen LogP contribution in [-0.2, 0) is 4.79 Å². The molecule has 0 aliphatic rings. The first-order valence-corrected chi connectivity index (χ1v) is 8.20. The van der Waals surface area contributed by atoms with E-state index < -0.39 is 17.7 Å². The molecule has 0 atom stereocenters. The highest BCUT2D eigenvalue weighted by molar-refractivity contribution is 6.33. The van der Waals surface area contributed by atoms with Crippen molar-refractivity contribution in [3.05, 3.63) is 40.4 Å². The normalized spacial score (nSPS) is 10.7. The number of aliphatic carboxylic acids is 1. The zero-order valence-corrected chi connectivity index (χ0v) is 14.4. The number of nitrogens with zero attached hydrogens (tertiary/aromatic N) is 1. The molecule has 6 nitrogen and oxygen atoms in total. The summed E-state index contributed by atoms with van der Waals surface area (Å²) in [6.07, 6.45) is 1.97. The Morgan fingerprint density at radius 2 is 2.08 bits per heavy atom. The summed E-state index contributed by atoms with van der Waals surface area (Å²) in [5.41, 5.74) is 0.217. The minimum absolute atomic E-state index is 0.0209. The zero-order chi connectivity index (χ0) is 18.4. The fraction of sp³-hybridized carbons (Fsp3) is 0.353. The Bertz CT molecular complexity index is 756. The molecular weight excluding hydrogens is 351 g/mol. The molecule has 1 heterocycles. The van der Waals surface area contributed by atoms with Gasteiger partial charge in [-0.3, -0.25) is 9.59 Å². The fourth-order valence-electron chi connectivity index (χ4n) is 2.40. The Morgan fingerprint density at radius 1 is 1.32 bits per heavy atom. The van der Waals surface area contributed by atoms with Crippen molar-refractivity contribution in [3.8, 4) is 11.3 Å². The number of carboxylic acid groups (broad SMARTS) is 1. The standard InChI is InChI=1S/C17H18ClFN2O4/c1-10-14(17(24)20-9-4-2-3-8-13(22)23)16(21-25-10)15-11(18)6-5-7-12(15)19/h5-7H,2-4,8-9H2,1H3,(H,20,24)(H,22,23). The monoisotopic (exact) mass is 368 g/mol. The Kier molecular flexibility index (Phi) is 6.52. The quantitative estimate of drug-likeness (QED) is 0.691. The van der Waals surface area contributed by atoms with Crippen molar-refractivity contribution in [1.29, 1.82) is 0 Å². The van der Waals surface area contributed by atoms with E-state index >= 15 is 0 Å². The van der Waals surface area contributed by atoms with Gasteiger partial charge in [0.25, 0.3) is 5.91 Å². The summed E-state index contributed by atoms with van der Waals surface area (Å²) in [4.78, 5) is 22.8. The van der Waals surface area contributed by atoms with Gasteiger partial charge in [0.05, 0.1) is 10.6 Å². The first kappa shape index (κ1) is 18.9. The van der Waals surface area contributed by atoms with Gasteiger partial charge in [0.1, 0.15) is 22.8 Å². The molecule has 0 fully saturated rings. The molecule has 1 aromatic heterocycles. The van der Waals surface area contributed by atoms with Crippen molar-refractivity contribution in [2.24, 2.45) is 0 Å². The van der Waals surface area contributed by atoms with Gasteiger partial charge in [0, 0.05) is 13.0 Å². The lowest BCUT2D eigenvalue weighted by atomic mass is 10.0. The predicted molar refractivity (Wildman–Crippen MR) is 90.1 cm³/mol. The number of nitrogens with one attached hydrogen (secondary N) is 1. The van der Waals surface area contributed by atoms with Gasteiger partial charge in [-0.25, -0.2) is 4.39 Å². The highest BCUT2D eigenvalue weighted by Crippen LogP contribution is 2.33. The van der Waals surface area contributed by atoms with Crippen molar-refractivity contribution in [3.63, 3.8) is 0 Å². The van der Waals surface area contributed by atoms with Crippen LogP contribution in [0.1, 0.15) is 41.8 Å². The van der Waals surface area contributed by atoms with Crippen molar-refractivity contribution >= 4 is 23.5 Å². The van der Waals surface area contributed by atoms with Crippen LogP contribution in [0.5, 0.6) is 0 Å². The first-order valence-electron chi connectivity index (χ1n) is 7.82. The number of rotatable bonds is 8. The summed E-state index contributed by atoms with van der Waals surface area (Å²) in [5, 5.41) is 15.2. The first-order chi connectivity index (χ1) is 11.9. The van der Waals surface area contributed by atoms with Gasteiger partial charge in [-0.1, -0.05) is 29.2 Å². The van der Waals surface area contributed by atoms with Gasteiger partial charge < -0.3 is 14.9 Å². The molecule has 0 radical (unpaired) electrons. The molecule has 0 unspecified atom stereocenters. The third kappa shape index (κ3) is 4.79. The number of hydrogen-bond acceptors (Lipinski definition) is 4. The molecule has 2 N–H and O–H groups in total. The second-order valence-electron chi connectivity index (χ2n) is 5.52. The molecule has 0 saturated heterocycles. The number of aryl methyl sites for hydroxylation is 1. The third-order valence-electron chi connectivity index (χ3n) is 3.64. The molecular formula is C17H18ClFN2O4. The van der Waals surface area contributed by atoms with Crippen LogP contribution in [0.25, 0.3) is 11.3 Å². The molecule has 0 aliphatic heterocycles. The summed E-state index contributed by atoms with van der Waals surface area (Å²) in [6.45, 7) is 1.93. The fourth-order valence-corrected chi connectivity index (χ4v) is 2.66. The minimum atomic E-state index is -0.837. The molecule has 1 aromatic carbocycles. The molecule has 2 rings (SSSR count). The van der Waals surface area contributed by atoms with E-state index in [1.807, 2.05) is 0 Å². The minimum Gasteiger partial charge on any atom is -0.481 e. The van der Waals surface area contributed by atoms with E-state index in [1.54, 1.807) is 6.92 Å². The SMILES string of the molecule is Cc1onc(-c2c(F)cccc2Cl)c1C(=O)NCCCCCC(=O)O. The summed E-state index contributed by atoms with van der Waals surface area (Å²) in [5.74, 6) is -1.61. The largest absolute Gasteiger partial charge is 0.481 e. The van der Waals surface area contributed by atoms with Crippen LogP contribution in [-0.4, -0.2) is 28.7 Å². The lowest BCUT2D eigenvalue weighted by molar-refractivity contribution is -0.137. The van der Waals surface area contributed by atoms with Crippen LogP contribution in [0, 0.1) is 12.7 Å². The molecule has 0 spiro atoms. The van der Waals surface area contributed by atoms with Crippen LogP contribution >= 0.6 is 11.6 Å². The van der Waals surface area contributed by atoms with Gasteiger partial charge in [0.15, 0.2) is 0 Å². The number of benzene rings is 1. The predicted octanol–water partition coefficient (Wildman–Crippen LogP) is 3.82. The number of aromatic nitrogens is 1. The van der Waals surface area contributed by atoms with E-state index in [0.717, 1.165) is 0 Å². The van der Waals surface area contributed by atoms with E-state index in [0.29, 0.717) is 25.8 Å². The van der Waals surface area contributed by atoms with Gasteiger partial charge >= 0.3 is 5.97 Å². The van der Waals surface area contributed by atoms with Gasteiger partial charge in [0.2, 0.25) is 0 Å². The smallest absolute Gasteiger partial charge is 0.303 e. The van der Waals surface area contributed by atoms with E-state index in [4.69, 9.17) is 21.2 Å². The molecule has 134 valence electrons. The molecule has 25 heavy (non-hydrogen) atoms. The van der Waals surface area contributed by atoms with Crippen LogP contribution in [0.4, 0.5) is 4.39 Å². The second-order valence-corrected chi connectivity index (χ2v) is 5.93. The molecule has 8 heteroatoms. The van der Waals surface area contributed by atoms with E-state index in [-0.39, 0.29) is 34.0 Å². The zero-order valence-electron chi connectivity index (χ0n) is 13.6. The summed E-state index contributed by atoms with van der Waals surface area (Å²) in [6, 6.07) is 4.20. The van der Waals surface area contributed by atoms with Crippen LogP contribution in [0.2, 0.25) is 5.02 Å². The van der Waals surface area contributed by atoms with E-state index in [9.17, 15) is 14.0 Å². The lowest BCUT2D eigenvalue weighted by Crippen LogP contribution is -2.25. The van der Waals surface area contributed by atoms with Gasteiger partial charge in [-0.2, -0.15) is 0 Å². The Balaban J connectivity index is 2.06. The number of halogens is 2. The van der Waals surface area contributed by atoms with Crippen molar-refractivity contribution in [2.75, 3.05) is 6.54 Å². The van der Waals surface area contributed by atoms with Gasteiger partial charge in [-0.15, -0.1) is 0 Å². The van der Waals surface area contributed by atoms with Crippen molar-refractivity contribution < 1.29 is 23.6 Å². The second kappa shape index (κ2) is 8.62. The number of carbonyl (C=O) groups is 2. The van der Waals surface area contributed by atoms with Crippen molar-refractivity contribution in [2.45, 2.75) is 32.6 Å². The van der Waals surface area contributed by atoms with Crippen LogP contribution < -0.4 is 5.32 Å². The molecule has 0 aliphatic carbocycles. The van der Waals surface area contributed by atoms with Crippen LogP contribution in [0.3, 0.4) is 0 Å². The third-order valence-corrected chi connectivity index (χ3v) is 3.96. The summed E-state index contributed by atoms with van der Waals surface area (Å²) >= 11 is 6.04. The average molecular weight is 369 g/mol. The Labute approximate surface area is 149 Å². The molecule has 0 bridgehead atoms. The van der Waals surface area contributed by atoms with Gasteiger partial charge in [-0.05, 0) is 31.9 Å². The maximum atomic E-state index is 14.1. The lowest BCUT2D eigenvalue weighted by Gasteiger charge is -2.07. The molecule has 2 aromatic rings. The topological polar surface area (TPSA) is 92.4 Å². The van der Waals surface area contributed by atoms with E-state index in [1.165, 1.54) is 18.2 Å². The molecule has 1 amide bonds. The number of carbonyl (C=O) groups excluding carboxylic acids is 1. The van der Waals surface area contributed by atoms with Crippen LogP contribution in [0.15, 0.2) is 22.7 Å². The summed E-state index contributed by atoms with van der Waals surface area (Å²) < 4.78 is 19.2. The highest BCUT2D eigenvalue weighted by atomic mass is 35.5. The summed E-state index contributed by atoms with van der Waals surface area (Å²) in [7, 11) is 0. The van der Waals surface area contributed by atoms with Crippen molar-refractivity contribution in [1.82, 2.24) is 10.5 Å². The average Bonchev–Trinajstić information content (AvgIpc) is 2.91. The number of unbranched alkanes of at least 4 members (excludes halogenated alkanes) is 2. The number of hydrogen-bond donors (Lipinski definition) is 2. The number of carboxylic acids is 1. The maximum Gasteiger partial charge on any atom is 0.303 e. The maximum absolute atomic E-state index is 14.1. The Hall–Kier alpha value is -2.41.